The Hall–Kier alpha value is -3.02. The van der Waals surface area contributed by atoms with Gasteiger partial charge < -0.3 is 19.7 Å². The number of hydrogen-bond donors (Lipinski definition) is 1. The van der Waals surface area contributed by atoms with Gasteiger partial charge in [-0.15, -0.1) is 0 Å². The van der Waals surface area contributed by atoms with Gasteiger partial charge in [0, 0.05) is 31.6 Å². The van der Waals surface area contributed by atoms with E-state index in [-0.39, 0.29) is 11.8 Å². The highest BCUT2D eigenvalue weighted by Gasteiger charge is 2.18. The molecule has 0 unspecified atom stereocenters. The van der Waals surface area contributed by atoms with Crippen LogP contribution in [0.4, 0.5) is 5.69 Å². The number of ether oxygens (including phenoxy) is 2. The van der Waals surface area contributed by atoms with Crippen LogP contribution in [0.3, 0.4) is 0 Å². The Morgan fingerprint density at radius 1 is 0.966 bits per heavy atom. The number of hydrogen-bond acceptors (Lipinski definition) is 4. The molecule has 0 fully saturated rings. The van der Waals surface area contributed by atoms with Crippen LogP contribution in [0.15, 0.2) is 36.4 Å². The van der Waals surface area contributed by atoms with Crippen molar-refractivity contribution in [3.63, 3.8) is 0 Å². The van der Waals surface area contributed by atoms with Crippen LogP contribution in [0.5, 0.6) is 11.5 Å². The van der Waals surface area contributed by atoms with Gasteiger partial charge in [-0.1, -0.05) is 32.0 Å². The molecule has 2 aromatic rings. The summed E-state index contributed by atoms with van der Waals surface area (Å²) in [5.41, 5.74) is 3.66. The average Bonchev–Trinajstić information content (AvgIpc) is 2.75. The number of methoxy groups -OCH3 is 2. The molecule has 2 amide bonds. The minimum Gasteiger partial charge on any atom is -0.497 e. The molecule has 156 valence electrons. The summed E-state index contributed by atoms with van der Waals surface area (Å²) in [5.74, 6) is 0.803. The second kappa shape index (κ2) is 10.5. The molecule has 0 heterocycles. The van der Waals surface area contributed by atoms with E-state index in [0.29, 0.717) is 30.2 Å². The van der Waals surface area contributed by atoms with Gasteiger partial charge in [0.2, 0.25) is 5.91 Å². The zero-order chi connectivity index (χ0) is 21.4. The van der Waals surface area contributed by atoms with E-state index >= 15 is 0 Å². The van der Waals surface area contributed by atoms with Crippen LogP contribution in [0, 0.1) is 0 Å². The van der Waals surface area contributed by atoms with Crippen molar-refractivity contribution in [1.29, 1.82) is 0 Å². The normalized spacial score (nSPS) is 10.4. The van der Waals surface area contributed by atoms with E-state index in [1.165, 1.54) is 14.2 Å². The zero-order valence-electron chi connectivity index (χ0n) is 17.9. The monoisotopic (exact) mass is 398 g/mol. The van der Waals surface area contributed by atoms with E-state index in [1.54, 1.807) is 30.0 Å². The highest BCUT2D eigenvalue weighted by molar-refractivity contribution is 5.96. The summed E-state index contributed by atoms with van der Waals surface area (Å²) < 4.78 is 10.4. The van der Waals surface area contributed by atoms with Gasteiger partial charge in [0.25, 0.3) is 5.91 Å². The van der Waals surface area contributed by atoms with Gasteiger partial charge in [0.1, 0.15) is 11.5 Å². The average molecular weight is 399 g/mol. The van der Waals surface area contributed by atoms with Gasteiger partial charge in [-0.3, -0.25) is 9.59 Å². The predicted molar refractivity (Wildman–Crippen MR) is 115 cm³/mol. The molecule has 6 nitrogen and oxygen atoms in total. The Morgan fingerprint density at radius 2 is 1.52 bits per heavy atom. The first-order valence-corrected chi connectivity index (χ1v) is 9.85. The van der Waals surface area contributed by atoms with Gasteiger partial charge in [0.15, 0.2) is 0 Å². The Kier molecular flexibility index (Phi) is 8.07. The maximum absolute atomic E-state index is 12.6. The van der Waals surface area contributed by atoms with E-state index < -0.39 is 0 Å². The minimum absolute atomic E-state index is 0.0436. The summed E-state index contributed by atoms with van der Waals surface area (Å²) in [6.45, 7) is 6.44. The number of carbonyl (C=O) groups is 2. The fourth-order valence-corrected chi connectivity index (χ4v) is 3.31. The number of para-hydroxylation sites is 1. The van der Waals surface area contributed by atoms with Crippen molar-refractivity contribution in [1.82, 2.24) is 5.32 Å². The maximum Gasteiger partial charge on any atom is 0.251 e. The number of rotatable bonds is 9. The molecule has 0 aromatic heterocycles. The fourth-order valence-electron chi connectivity index (χ4n) is 3.31. The van der Waals surface area contributed by atoms with Gasteiger partial charge in [-0.05, 0) is 36.1 Å². The number of aryl methyl sites for hydroxylation is 2. The third-order valence-electron chi connectivity index (χ3n) is 4.85. The molecular formula is C23H30N2O4. The maximum atomic E-state index is 12.6. The number of benzene rings is 2. The quantitative estimate of drug-likeness (QED) is 0.701. The van der Waals surface area contributed by atoms with Crippen molar-refractivity contribution in [2.75, 3.05) is 32.2 Å². The fraction of sp³-hybridized carbons (Fsp3) is 0.391. The molecule has 1 N–H and O–H groups in total. The SMILES string of the molecule is CCc1cccc(CC)c1N(CCNC(=O)c1cc(OC)cc(OC)c1)C(C)=O. The molecule has 0 aliphatic heterocycles. The number of carbonyl (C=O) groups excluding carboxylic acids is 2. The molecule has 0 bridgehead atoms. The standard InChI is InChI=1S/C23H30N2O4/c1-6-17-9-8-10-18(7-2)22(17)25(16(3)26)12-11-24-23(27)19-13-20(28-4)15-21(14-19)29-5/h8-10,13-15H,6-7,11-12H2,1-5H3,(H,24,27). The van der Waals surface area contributed by atoms with E-state index in [1.807, 2.05) is 18.2 Å². The van der Waals surface area contributed by atoms with Crippen LogP contribution in [-0.4, -0.2) is 39.1 Å². The molecule has 2 rings (SSSR count). The van der Waals surface area contributed by atoms with Gasteiger partial charge in [-0.25, -0.2) is 0 Å². The van der Waals surface area contributed by atoms with Crippen molar-refractivity contribution < 1.29 is 19.1 Å². The zero-order valence-corrected chi connectivity index (χ0v) is 17.9. The van der Waals surface area contributed by atoms with Crippen molar-refractivity contribution in [2.45, 2.75) is 33.6 Å². The van der Waals surface area contributed by atoms with Crippen molar-refractivity contribution in [3.05, 3.63) is 53.1 Å². The lowest BCUT2D eigenvalue weighted by atomic mass is 10.0. The molecule has 0 saturated carbocycles. The third-order valence-corrected chi connectivity index (χ3v) is 4.85. The molecule has 0 radical (unpaired) electrons. The summed E-state index contributed by atoms with van der Waals surface area (Å²) >= 11 is 0. The first kappa shape index (κ1) is 22.3. The molecule has 29 heavy (non-hydrogen) atoms. The number of nitrogens with one attached hydrogen (secondary N) is 1. The Bertz CT molecular complexity index is 819. The van der Waals surface area contributed by atoms with Crippen LogP contribution in [0.2, 0.25) is 0 Å². The Balaban J connectivity index is 2.15. The highest BCUT2D eigenvalue weighted by atomic mass is 16.5. The first-order chi connectivity index (χ1) is 13.9. The largest absolute Gasteiger partial charge is 0.497 e. The van der Waals surface area contributed by atoms with Crippen LogP contribution < -0.4 is 19.7 Å². The third kappa shape index (κ3) is 5.50. The molecule has 6 heteroatoms. The lowest BCUT2D eigenvalue weighted by molar-refractivity contribution is -0.116. The van der Waals surface area contributed by atoms with Crippen molar-refractivity contribution >= 4 is 17.5 Å². The molecule has 0 aliphatic carbocycles. The van der Waals surface area contributed by atoms with E-state index in [0.717, 1.165) is 29.7 Å². The first-order valence-electron chi connectivity index (χ1n) is 9.85. The smallest absolute Gasteiger partial charge is 0.251 e. The summed E-state index contributed by atoms with van der Waals surface area (Å²) in [6, 6.07) is 11.1. The second-order valence-electron chi connectivity index (χ2n) is 6.66. The molecular weight excluding hydrogens is 368 g/mol. The summed E-state index contributed by atoms with van der Waals surface area (Å²) in [4.78, 5) is 26.7. The van der Waals surface area contributed by atoms with Crippen LogP contribution in [0.25, 0.3) is 0 Å². The predicted octanol–water partition coefficient (Wildman–Crippen LogP) is 3.61. The topological polar surface area (TPSA) is 67.9 Å². The molecule has 0 saturated heterocycles. The van der Waals surface area contributed by atoms with Crippen molar-refractivity contribution in [2.24, 2.45) is 0 Å². The Morgan fingerprint density at radius 3 is 1.97 bits per heavy atom. The van der Waals surface area contributed by atoms with Crippen LogP contribution >= 0.6 is 0 Å². The number of amides is 2. The number of anilines is 1. The molecule has 2 aromatic carbocycles. The van der Waals surface area contributed by atoms with Crippen LogP contribution in [-0.2, 0) is 17.6 Å². The summed E-state index contributed by atoms with van der Waals surface area (Å²) in [5, 5.41) is 2.89. The van der Waals surface area contributed by atoms with Crippen molar-refractivity contribution in [3.8, 4) is 11.5 Å². The molecule has 0 atom stereocenters. The summed E-state index contributed by atoms with van der Waals surface area (Å²) in [6.07, 6.45) is 1.67. The Labute approximate surface area is 172 Å². The van der Waals surface area contributed by atoms with E-state index in [9.17, 15) is 9.59 Å². The van der Waals surface area contributed by atoms with E-state index in [2.05, 4.69) is 19.2 Å². The van der Waals surface area contributed by atoms with Gasteiger partial charge in [0.05, 0.1) is 19.9 Å². The second-order valence-corrected chi connectivity index (χ2v) is 6.66. The minimum atomic E-state index is -0.245. The lowest BCUT2D eigenvalue weighted by Crippen LogP contribution is -2.38. The summed E-state index contributed by atoms with van der Waals surface area (Å²) in [7, 11) is 3.08. The van der Waals surface area contributed by atoms with E-state index in [4.69, 9.17) is 9.47 Å². The van der Waals surface area contributed by atoms with Gasteiger partial charge in [-0.2, -0.15) is 0 Å². The molecule has 0 aliphatic rings. The molecule has 0 spiro atoms. The highest BCUT2D eigenvalue weighted by Crippen LogP contribution is 2.27. The van der Waals surface area contributed by atoms with Crippen LogP contribution in [0.1, 0.15) is 42.3 Å². The lowest BCUT2D eigenvalue weighted by Gasteiger charge is -2.26. The van der Waals surface area contributed by atoms with Gasteiger partial charge >= 0.3 is 0 Å². The number of nitrogens with zero attached hydrogens (tertiary/aromatic N) is 1.